The first kappa shape index (κ1) is 18.4. The van der Waals surface area contributed by atoms with E-state index in [2.05, 4.69) is 0 Å². The number of nitrogens with zero attached hydrogens (tertiary/aromatic N) is 1. The molecule has 0 saturated heterocycles. The number of anilines is 1. The highest BCUT2D eigenvalue weighted by atomic mass is 32.2. The number of hydrogen-bond donors (Lipinski definition) is 0. The number of benzene rings is 2. The Labute approximate surface area is 155 Å². The second-order valence-corrected chi connectivity index (χ2v) is 8.98. The molecule has 1 aliphatic heterocycles. The summed E-state index contributed by atoms with van der Waals surface area (Å²) >= 11 is 0. The first-order chi connectivity index (χ1) is 12.2. The van der Waals surface area contributed by atoms with Crippen LogP contribution in [0, 0.1) is 27.7 Å². The van der Waals surface area contributed by atoms with Gasteiger partial charge in [0.2, 0.25) is 0 Å². The van der Waals surface area contributed by atoms with Crippen LogP contribution in [-0.2, 0) is 9.84 Å². The predicted molar refractivity (Wildman–Crippen MR) is 105 cm³/mol. The second kappa shape index (κ2) is 6.72. The molecule has 4 nitrogen and oxygen atoms in total. The van der Waals surface area contributed by atoms with Crippen molar-refractivity contribution in [1.29, 1.82) is 0 Å². The molecule has 0 N–H and O–H groups in total. The van der Waals surface area contributed by atoms with Gasteiger partial charge in [0.25, 0.3) is 5.91 Å². The fourth-order valence-electron chi connectivity index (χ4n) is 3.28. The molecule has 1 heterocycles. The minimum atomic E-state index is -3.27. The van der Waals surface area contributed by atoms with Gasteiger partial charge in [-0.15, -0.1) is 0 Å². The van der Waals surface area contributed by atoms with E-state index in [0.717, 1.165) is 27.9 Å². The summed E-state index contributed by atoms with van der Waals surface area (Å²) in [6, 6.07) is 11.0. The van der Waals surface area contributed by atoms with E-state index in [1.165, 1.54) is 5.41 Å². The number of hydrogen-bond acceptors (Lipinski definition) is 3. The van der Waals surface area contributed by atoms with Crippen LogP contribution in [0.3, 0.4) is 0 Å². The summed E-state index contributed by atoms with van der Waals surface area (Å²) in [6.07, 6.45) is 1.60. The Morgan fingerprint density at radius 3 is 2.15 bits per heavy atom. The summed E-state index contributed by atoms with van der Waals surface area (Å²) in [5.41, 5.74) is 5.49. The lowest BCUT2D eigenvalue weighted by Crippen LogP contribution is -2.41. The predicted octanol–water partition coefficient (Wildman–Crippen LogP) is 3.88. The van der Waals surface area contributed by atoms with Crippen LogP contribution in [0.15, 0.2) is 47.9 Å². The van der Waals surface area contributed by atoms with Crippen LogP contribution >= 0.6 is 0 Å². The van der Waals surface area contributed by atoms with Crippen molar-refractivity contribution in [3.63, 3.8) is 0 Å². The second-order valence-electron chi connectivity index (χ2n) is 7.05. The lowest BCUT2D eigenvalue weighted by molar-refractivity contribution is 0.0983. The van der Waals surface area contributed by atoms with E-state index < -0.39 is 15.9 Å². The molecule has 0 bridgehead atoms. The van der Waals surface area contributed by atoms with Crippen LogP contribution in [0.25, 0.3) is 0 Å². The van der Waals surface area contributed by atoms with Crippen molar-refractivity contribution in [2.24, 2.45) is 0 Å². The van der Waals surface area contributed by atoms with Crippen molar-refractivity contribution in [3.8, 4) is 0 Å². The third-order valence-electron chi connectivity index (χ3n) is 4.70. The summed E-state index contributed by atoms with van der Waals surface area (Å²) in [4.78, 5) is 14.9. The van der Waals surface area contributed by atoms with E-state index in [4.69, 9.17) is 0 Å². The van der Waals surface area contributed by atoms with Crippen molar-refractivity contribution < 1.29 is 13.2 Å². The van der Waals surface area contributed by atoms with Gasteiger partial charge in [0, 0.05) is 16.7 Å². The van der Waals surface area contributed by atoms with Crippen LogP contribution in [0.5, 0.6) is 0 Å². The normalized spacial score (nSPS) is 18.1. The minimum absolute atomic E-state index is 0.0867. The monoisotopic (exact) mass is 369 g/mol. The zero-order valence-electron chi connectivity index (χ0n) is 15.5. The maximum atomic E-state index is 13.3. The first-order valence-corrected chi connectivity index (χ1v) is 10.3. The van der Waals surface area contributed by atoms with E-state index in [1.54, 1.807) is 17.0 Å². The summed E-state index contributed by atoms with van der Waals surface area (Å²) in [5.74, 6) is -0.277. The molecule has 1 unspecified atom stereocenters. The van der Waals surface area contributed by atoms with E-state index >= 15 is 0 Å². The van der Waals surface area contributed by atoms with Gasteiger partial charge in [-0.1, -0.05) is 12.1 Å². The smallest absolute Gasteiger partial charge is 0.258 e. The highest BCUT2D eigenvalue weighted by Gasteiger charge is 2.32. The molecule has 0 aliphatic carbocycles. The summed E-state index contributed by atoms with van der Waals surface area (Å²) in [7, 11) is -3.27. The number of carbonyl (C=O) groups is 1. The Morgan fingerprint density at radius 2 is 1.62 bits per heavy atom. The topological polar surface area (TPSA) is 54.5 Å². The highest BCUT2D eigenvalue weighted by Crippen LogP contribution is 2.27. The average Bonchev–Trinajstić information content (AvgIpc) is 2.89. The van der Waals surface area contributed by atoms with Gasteiger partial charge in [-0.25, -0.2) is 8.42 Å². The van der Waals surface area contributed by atoms with E-state index in [-0.39, 0.29) is 11.7 Å². The van der Waals surface area contributed by atoms with Gasteiger partial charge >= 0.3 is 0 Å². The third-order valence-corrected chi connectivity index (χ3v) is 6.08. The van der Waals surface area contributed by atoms with Crippen LogP contribution in [0.4, 0.5) is 5.69 Å². The third kappa shape index (κ3) is 3.73. The molecule has 26 heavy (non-hydrogen) atoms. The van der Waals surface area contributed by atoms with Crippen molar-refractivity contribution in [1.82, 2.24) is 0 Å². The zero-order chi connectivity index (χ0) is 19.1. The molecule has 0 aromatic heterocycles. The molecule has 1 atom stereocenters. The molecule has 1 aliphatic rings. The maximum absolute atomic E-state index is 13.3. The van der Waals surface area contributed by atoms with Crippen molar-refractivity contribution in [2.75, 3.05) is 10.7 Å². The van der Waals surface area contributed by atoms with Gasteiger partial charge in [0.15, 0.2) is 9.84 Å². The first-order valence-electron chi connectivity index (χ1n) is 8.56. The van der Waals surface area contributed by atoms with Crippen molar-refractivity contribution in [3.05, 3.63) is 75.7 Å². The fourth-order valence-corrected chi connectivity index (χ4v) is 4.55. The van der Waals surface area contributed by atoms with Gasteiger partial charge in [0.1, 0.15) is 0 Å². The maximum Gasteiger partial charge on any atom is 0.258 e. The lowest BCUT2D eigenvalue weighted by Gasteiger charge is -2.28. The van der Waals surface area contributed by atoms with Crippen LogP contribution in [-0.4, -0.2) is 26.1 Å². The molecule has 0 radical (unpaired) electrons. The Morgan fingerprint density at radius 1 is 0.962 bits per heavy atom. The van der Waals surface area contributed by atoms with Gasteiger partial charge in [-0.3, -0.25) is 4.79 Å². The summed E-state index contributed by atoms with van der Waals surface area (Å²) in [5, 5.41) is 1.21. The van der Waals surface area contributed by atoms with Crippen LogP contribution < -0.4 is 4.90 Å². The number of rotatable bonds is 3. The molecular formula is C21H23NO3S. The van der Waals surface area contributed by atoms with E-state index in [9.17, 15) is 13.2 Å². The molecule has 3 rings (SSSR count). The Balaban J connectivity index is 2.09. The molecule has 2 aromatic rings. The molecule has 5 heteroatoms. The Kier molecular flexibility index (Phi) is 4.76. The summed E-state index contributed by atoms with van der Waals surface area (Å²) in [6.45, 7) is 7.90. The van der Waals surface area contributed by atoms with Gasteiger partial charge < -0.3 is 4.90 Å². The largest absolute Gasteiger partial charge is 0.300 e. The highest BCUT2D eigenvalue weighted by molar-refractivity contribution is 7.94. The molecule has 0 spiro atoms. The van der Waals surface area contributed by atoms with Crippen molar-refractivity contribution >= 4 is 21.4 Å². The van der Waals surface area contributed by atoms with Gasteiger partial charge in [-0.2, -0.15) is 0 Å². The minimum Gasteiger partial charge on any atom is -0.300 e. The zero-order valence-corrected chi connectivity index (χ0v) is 16.3. The molecular weight excluding hydrogens is 346 g/mol. The fraction of sp³-hybridized carbons (Fsp3) is 0.286. The SMILES string of the molecule is Cc1cc(C)cc(N(C(=O)c2ccc(C)c(C)c2)C2C=CS(=O)(=O)C2)c1. The van der Waals surface area contributed by atoms with Crippen molar-refractivity contribution in [2.45, 2.75) is 33.7 Å². The molecule has 136 valence electrons. The number of amides is 1. The molecule has 0 fully saturated rings. The number of sulfone groups is 1. The quantitative estimate of drug-likeness (QED) is 0.825. The van der Waals surface area contributed by atoms with Crippen LogP contribution in [0.1, 0.15) is 32.6 Å². The standard InChI is InChI=1S/C21H23NO3S/c1-14-9-15(2)11-20(10-14)22(19-7-8-26(24,25)13-19)21(23)18-6-5-16(3)17(4)12-18/h5-12,19H,13H2,1-4H3. The van der Waals surface area contributed by atoms with E-state index in [1.807, 2.05) is 58.0 Å². The van der Waals surface area contributed by atoms with Gasteiger partial charge in [-0.05, 0) is 80.3 Å². The molecule has 1 amide bonds. The van der Waals surface area contributed by atoms with Crippen LogP contribution in [0.2, 0.25) is 0 Å². The number of aryl methyl sites for hydroxylation is 4. The average molecular weight is 369 g/mol. The summed E-state index contributed by atoms with van der Waals surface area (Å²) < 4.78 is 23.9. The molecule has 0 saturated carbocycles. The number of carbonyl (C=O) groups excluding carboxylic acids is 1. The molecule has 2 aromatic carbocycles. The Hall–Kier alpha value is -2.40. The lowest BCUT2D eigenvalue weighted by atomic mass is 10.0. The van der Waals surface area contributed by atoms with Gasteiger partial charge in [0.05, 0.1) is 11.8 Å². The Bertz CT molecular complexity index is 986. The van der Waals surface area contributed by atoms with E-state index in [0.29, 0.717) is 5.56 Å².